The zero-order chi connectivity index (χ0) is 13.8. The lowest BCUT2D eigenvalue weighted by molar-refractivity contribution is -0.274. The number of rotatable bonds is 5. The maximum atomic E-state index is 12.0. The molecule has 0 aliphatic heterocycles. The van der Waals surface area contributed by atoms with Gasteiger partial charge < -0.3 is 14.4 Å². The zero-order valence-corrected chi connectivity index (χ0v) is 11.5. The van der Waals surface area contributed by atoms with Crippen LogP contribution in [0.15, 0.2) is 22.7 Å². The molecule has 0 aliphatic rings. The Kier molecular flexibility index (Phi) is 5.28. The fourth-order valence-corrected chi connectivity index (χ4v) is 1.61. The lowest BCUT2D eigenvalue weighted by atomic mass is 10.3. The molecule has 18 heavy (non-hydrogen) atoms. The van der Waals surface area contributed by atoms with Crippen LogP contribution in [0.3, 0.4) is 0 Å². The van der Waals surface area contributed by atoms with Crippen LogP contribution in [0.25, 0.3) is 0 Å². The van der Waals surface area contributed by atoms with Gasteiger partial charge in [0.15, 0.2) is 0 Å². The summed E-state index contributed by atoms with van der Waals surface area (Å²) in [4.78, 5) is 1.94. The van der Waals surface area contributed by atoms with E-state index in [1.54, 1.807) is 0 Å². The minimum absolute atomic E-state index is 0.283. The maximum absolute atomic E-state index is 12.0. The van der Waals surface area contributed by atoms with Crippen molar-refractivity contribution in [1.29, 1.82) is 0 Å². The molecule has 0 N–H and O–H groups in total. The van der Waals surface area contributed by atoms with E-state index in [9.17, 15) is 13.2 Å². The quantitative estimate of drug-likeness (QED) is 0.828. The molecule has 0 unspecified atom stereocenters. The number of nitrogens with zero attached hydrogens (tertiary/aromatic N) is 1. The Labute approximate surface area is 112 Å². The van der Waals surface area contributed by atoms with E-state index in [1.165, 1.54) is 18.2 Å². The Balaban J connectivity index is 2.62. The van der Waals surface area contributed by atoms with Crippen LogP contribution >= 0.6 is 15.9 Å². The first-order valence-electron chi connectivity index (χ1n) is 5.11. The van der Waals surface area contributed by atoms with Crippen LogP contribution in [0, 0.1) is 0 Å². The monoisotopic (exact) mass is 327 g/mol. The molecule has 0 aliphatic carbocycles. The number of halogens is 4. The fourth-order valence-electron chi connectivity index (χ4n) is 1.13. The first-order valence-corrected chi connectivity index (χ1v) is 5.90. The molecule has 0 bridgehead atoms. The highest BCUT2D eigenvalue weighted by Crippen LogP contribution is 2.31. The van der Waals surface area contributed by atoms with Crippen LogP contribution in [0.2, 0.25) is 0 Å². The van der Waals surface area contributed by atoms with Crippen molar-refractivity contribution in [1.82, 2.24) is 4.90 Å². The molecule has 3 nitrogen and oxygen atoms in total. The van der Waals surface area contributed by atoms with Gasteiger partial charge in [0.1, 0.15) is 18.1 Å². The molecule has 0 aromatic heterocycles. The smallest absolute Gasteiger partial charge is 0.491 e. The van der Waals surface area contributed by atoms with Crippen molar-refractivity contribution in [2.24, 2.45) is 0 Å². The lowest BCUT2D eigenvalue weighted by Gasteiger charge is -2.13. The van der Waals surface area contributed by atoms with E-state index in [0.717, 1.165) is 0 Å². The lowest BCUT2D eigenvalue weighted by Crippen LogP contribution is -2.19. The molecule has 7 heteroatoms. The summed E-state index contributed by atoms with van der Waals surface area (Å²) < 4.78 is 45.6. The van der Waals surface area contributed by atoms with Gasteiger partial charge >= 0.3 is 6.36 Å². The van der Waals surface area contributed by atoms with Crippen molar-refractivity contribution in [3.8, 4) is 11.5 Å². The van der Waals surface area contributed by atoms with Crippen molar-refractivity contribution < 1.29 is 22.6 Å². The standard InChI is InChI=1S/C11H13BrF3NO2/c1-16(2)5-6-17-10-4-3-8(7-9(10)12)18-11(13,14)15/h3-4,7H,5-6H2,1-2H3. The minimum Gasteiger partial charge on any atom is -0.491 e. The molecule has 0 saturated carbocycles. The topological polar surface area (TPSA) is 21.7 Å². The zero-order valence-electron chi connectivity index (χ0n) is 9.92. The highest BCUT2D eigenvalue weighted by atomic mass is 79.9. The van der Waals surface area contributed by atoms with Gasteiger partial charge in [0.05, 0.1) is 4.47 Å². The van der Waals surface area contributed by atoms with E-state index in [2.05, 4.69) is 20.7 Å². The predicted molar refractivity (Wildman–Crippen MR) is 64.9 cm³/mol. The molecule has 0 amide bonds. The molecule has 0 saturated heterocycles. The number of alkyl halides is 3. The van der Waals surface area contributed by atoms with Crippen LogP contribution < -0.4 is 9.47 Å². The molecule has 102 valence electrons. The van der Waals surface area contributed by atoms with Crippen LogP contribution in [0.4, 0.5) is 13.2 Å². The summed E-state index contributed by atoms with van der Waals surface area (Å²) in [5.41, 5.74) is 0. The molecule has 0 fully saturated rings. The van der Waals surface area contributed by atoms with E-state index >= 15 is 0 Å². The summed E-state index contributed by atoms with van der Waals surface area (Å²) in [6, 6.07) is 3.86. The van der Waals surface area contributed by atoms with Crippen molar-refractivity contribution in [3.05, 3.63) is 22.7 Å². The van der Waals surface area contributed by atoms with Gasteiger partial charge in [-0.25, -0.2) is 0 Å². The Hall–Kier alpha value is -0.950. The molecule has 0 heterocycles. The van der Waals surface area contributed by atoms with Gasteiger partial charge in [-0.1, -0.05) is 0 Å². The highest BCUT2D eigenvalue weighted by Gasteiger charge is 2.31. The summed E-state index contributed by atoms with van der Waals surface area (Å²) in [5, 5.41) is 0. The normalized spacial score (nSPS) is 11.7. The van der Waals surface area contributed by atoms with Crippen LogP contribution in [-0.4, -0.2) is 38.5 Å². The summed E-state index contributed by atoms with van der Waals surface area (Å²) in [7, 11) is 3.80. The van der Waals surface area contributed by atoms with Gasteiger partial charge in [-0.15, -0.1) is 13.2 Å². The third-order valence-corrected chi connectivity index (χ3v) is 2.55. The molecule has 1 aromatic rings. The van der Waals surface area contributed by atoms with Crippen LogP contribution in [-0.2, 0) is 0 Å². The molecule has 1 aromatic carbocycles. The Morgan fingerprint density at radius 3 is 2.44 bits per heavy atom. The van der Waals surface area contributed by atoms with Crippen molar-refractivity contribution in [2.45, 2.75) is 6.36 Å². The predicted octanol–water partition coefficient (Wildman–Crippen LogP) is 3.29. The molecule has 0 radical (unpaired) electrons. The Morgan fingerprint density at radius 2 is 1.94 bits per heavy atom. The third kappa shape index (κ3) is 5.59. The first kappa shape index (κ1) is 15.1. The fraction of sp³-hybridized carbons (Fsp3) is 0.455. The SMILES string of the molecule is CN(C)CCOc1ccc(OC(F)(F)F)cc1Br. The summed E-state index contributed by atoms with van der Waals surface area (Å²) in [6.07, 6.45) is -4.69. The molecule has 1 rings (SSSR count). The second-order valence-corrected chi connectivity index (χ2v) is 4.65. The number of hydrogen-bond donors (Lipinski definition) is 0. The van der Waals surface area contributed by atoms with Crippen LogP contribution in [0.1, 0.15) is 0 Å². The van der Waals surface area contributed by atoms with Crippen molar-refractivity contribution >= 4 is 15.9 Å². The minimum atomic E-state index is -4.69. The number of hydrogen-bond acceptors (Lipinski definition) is 3. The van der Waals surface area contributed by atoms with Crippen molar-refractivity contribution in [2.75, 3.05) is 27.2 Å². The second kappa shape index (κ2) is 6.29. The third-order valence-electron chi connectivity index (χ3n) is 1.93. The first-order chi connectivity index (χ1) is 8.28. The number of likely N-dealkylation sites (N-methyl/N-ethyl adjacent to an activating group) is 1. The van der Waals surface area contributed by atoms with Crippen molar-refractivity contribution in [3.63, 3.8) is 0 Å². The van der Waals surface area contributed by atoms with E-state index in [4.69, 9.17) is 4.74 Å². The van der Waals surface area contributed by atoms with E-state index < -0.39 is 6.36 Å². The van der Waals surface area contributed by atoms with E-state index in [1.807, 2.05) is 19.0 Å². The highest BCUT2D eigenvalue weighted by molar-refractivity contribution is 9.10. The van der Waals surface area contributed by atoms with Gasteiger partial charge in [-0.3, -0.25) is 0 Å². The Morgan fingerprint density at radius 1 is 1.28 bits per heavy atom. The number of benzene rings is 1. The molecular weight excluding hydrogens is 315 g/mol. The summed E-state index contributed by atoms with van der Waals surface area (Å²) in [6.45, 7) is 1.16. The summed E-state index contributed by atoms with van der Waals surface area (Å²) in [5.74, 6) is 0.195. The van der Waals surface area contributed by atoms with Gasteiger partial charge in [0.2, 0.25) is 0 Å². The largest absolute Gasteiger partial charge is 0.573 e. The van der Waals surface area contributed by atoms with Gasteiger partial charge in [0, 0.05) is 6.54 Å². The van der Waals surface area contributed by atoms with E-state index in [0.29, 0.717) is 23.4 Å². The average molecular weight is 328 g/mol. The maximum Gasteiger partial charge on any atom is 0.573 e. The van der Waals surface area contributed by atoms with Gasteiger partial charge in [0.25, 0.3) is 0 Å². The number of ether oxygens (including phenoxy) is 2. The molecule has 0 spiro atoms. The Bertz CT molecular complexity index is 396. The van der Waals surface area contributed by atoms with Gasteiger partial charge in [-0.2, -0.15) is 0 Å². The molecular formula is C11H13BrF3NO2. The molecule has 0 atom stereocenters. The van der Waals surface area contributed by atoms with E-state index in [-0.39, 0.29) is 5.75 Å². The second-order valence-electron chi connectivity index (χ2n) is 3.79. The average Bonchev–Trinajstić information content (AvgIpc) is 2.18. The summed E-state index contributed by atoms with van der Waals surface area (Å²) >= 11 is 3.14. The van der Waals surface area contributed by atoms with Crippen LogP contribution in [0.5, 0.6) is 11.5 Å². The van der Waals surface area contributed by atoms with Gasteiger partial charge in [-0.05, 0) is 48.2 Å².